The molecule has 2 rings (SSSR count). The summed E-state index contributed by atoms with van der Waals surface area (Å²) < 4.78 is 0. The van der Waals surface area contributed by atoms with Gasteiger partial charge in [-0.15, -0.1) is 0 Å². The van der Waals surface area contributed by atoms with Crippen molar-refractivity contribution in [1.29, 1.82) is 0 Å². The Kier molecular flexibility index (Phi) is 5.01. The Bertz CT molecular complexity index is 504. The van der Waals surface area contributed by atoms with Gasteiger partial charge in [-0.3, -0.25) is 9.59 Å². The van der Waals surface area contributed by atoms with Crippen LogP contribution in [0.4, 0.5) is 0 Å². The first kappa shape index (κ1) is 14.9. The Morgan fingerprint density at radius 3 is 2.95 bits per heavy atom. The van der Waals surface area contributed by atoms with Crippen molar-refractivity contribution in [3.05, 3.63) is 34.9 Å². The van der Waals surface area contributed by atoms with E-state index in [0.717, 1.165) is 19.5 Å². The van der Waals surface area contributed by atoms with Crippen molar-refractivity contribution in [2.24, 2.45) is 5.92 Å². The summed E-state index contributed by atoms with van der Waals surface area (Å²) in [7, 11) is 0. The molecule has 0 radical (unpaired) electrons. The average molecular weight is 295 g/mol. The zero-order valence-corrected chi connectivity index (χ0v) is 12.3. The molecule has 20 heavy (non-hydrogen) atoms. The molecule has 1 fully saturated rings. The molecule has 0 aromatic heterocycles. The molecule has 0 aliphatic carbocycles. The van der Waals surface area contributed by atoms with Crippen molar-refractivity contribution in [2.45, 2.75) is 19.8 Å². The van der Waals surface area contributed by atoms with E-state index in [1.54, 1.807) is 24.3 Å². The molecule has 1 aromatic rings. The molecular formula is C15H19ClN2O2. The summed E-state index contributed by atoms with van der Waals surface area (Å²) in [5.41, 5.74) is 0.470. The van der Waals surface area contributed by atoms with Crippen LogP contribution in [-0.2, 0) is 4.79 Å². The fraction of sp³-hybridized carbons (Fsp3) is 0.467. The summed E-state index contributed by atoms with van der Waals surface area (Å²) in [6, 6.07) is 6.68. The lowest BCUT2D eigenvalue weighted by atomic mass is 10.0. The number of carbonyl (C=O) groups excluding carboxylic acids is 2. The number of halogens is 1. The van der Waals surface area contributed by atoms with Crippen molar-refractivity contribution in [3.8, 4) is 0 Å². The second-order valence-electron chi connectivity index (χ2n) is 5.28. The Morgan fingerprint density at radius 2 is 2.25 bits per heavy atom. The van der Waals surface area contributed by atoms with Gasteiger partial charge in [0.2, 0.25) is 5.91 Å². The van der Waals surface area contributed by atoms with Gasteiger partial charge in [0.25, 0.3) is 5.91 Å². The maximum absolute atomic E-state index is 12.0. The molecule has 4 nitrogen and oxygen atoms in total. The van der Waals surface area contributed by atoms with Gasteiger partial charge in [-0.25, -0.2) is 0 Å². The second-order valence-corrected chi connectivity index (χ2v) is 5.72. The van der Waals surface area contributed by atoms with Gasteiger partial charge in [-0.05, 0) is 37.0 Å². The van der Waals surface area contributed by atoms with E-state index in [0.29, 0.717) is 16.5 Å². The molecule has 0 bridgehead atoms. The van der Waals surface area contributed by atoms with Crippen LogP contribution in [0.5, 0.6) is 0 Å². The van der Waals surface area contributed by atoms with Crippen LogP contribution in [-0.4, -0.2) is 36.3 Å². The number of carbonyl (C=O) groups is 2. The van der Waals surface area contributed by atoms with Crippen LogP contribution < -0.4 is 5.32 Å². The van der Waals surface area contributed by atoms with E-state index in [9.17, 15) is 9.59 Å². The molecule has 2 amide bonds. The third kappa shape index (κ3) is 3.97. The number of hydrogen-bond acceptors (Lipinski definition) is 2. The molecule has 1 heterocycles. The highest BCUT2D eigenvalue weighted by molar-refractivity contribution is 6.30. The fourth-order valence-electron chi connectivity index (χ4n) is 2.42. The van der Waals surface area contributed by atoms with Crippen molar-refractivity contribution < 1.29 is 9.59 Å². The zero-order valence-electron chi connectivity index (χ0n) is 11.6. The molecule has 108 valence electrons. The SMILES string of the molecule is CC1CCCN(C(=O)CNC(=O)c2cccc(Cl)c2)C1. The first-order chi connectivity index (χ1) is 9.56. The number of benzene rings is 1. The van der Waals surface area contributed by atoms with E-state index in [1.165, 1.54) is 6.42 Å². The standard InChI is InChI=1S/C15H19ClN2O2/c1-11-4-3-7-18(10-11)14(19)9-17-15(20)12-5-2-6-13(16)8-12/h2,5-6,8,11H,3-4,7,9-10H2,1H3,(H,17,20). The summed E-state index contributed by atoms with van der Waals surface area (Å²) in [6.07, 6.45) is 2.20. The van der Waals surface area contributed by atoms with Gasteiger partial charge in [0.15, 0.2) is 0 Å². The smallest absolute Gasteiger partial charge is 0.251 e. The highest BCUT2D eigenvalue weighted by atomic mass is 35.5. The van der Waals surface area contributed by atoms with Crippen molar-refractivity contribution in [1.82, 2.24) is 10.2 Å². The third-order valence-corrected chi connectivity index (χ3v) is 3.73. The Labute approximate surface area is 124 Å². The molecule has 1 N–H and O–H groups in total. The van der Waals surface area contributed by atoms with Gasteiger partial charge < -0.3 is 10.2 Å². The van der Waals surface area contributed by atoms with Crippen LogP contribution >= 0.6 is 11.6 Å². The molecule has 1 unspecified atom stereocenters. The van der Waals surface area contributed by atoms with Gasteiger partial charge >= 0.3 is 0 Å². The lowest BCUT2D eigenvalue weighted by Crippen LogP contribution is -2.44. The third-order valence-electron chi connectivity index (χ3n) is 3.50. The van der Waals surface area contributed by atoms with Crippen LogP contribution in [0.25, 0.3) is 0 Å². The number of nitrogens with zero attached hydrogens (tertiary/aromatic N) is 1. The summed E-state index contributed by atoms with van der Waals surface area (Å²) in [5, 5.41) is 3.16. The molecule has 1 aliphatic heterocycles. The molecule has 1 atom stereocenters. The van der Waals surface area contributed by atoms with Gasteiger partial charge in [-0.1, -0.05) is 24.6 Å². The monoisotopic (exact) mass is 294 g/mol. The van der Waals surface area contributed by atoms with Gasteiger partial charge in [-0.2, -0.15) is 0 Å². The first-order valence-electron chi connectivity index (χ1n) is 6.88. The number of hydrogen-bond donors (Lipinski definition) is 1. The number of piperidine rings is 1. The normalized spacial score (nSPS) is 18.7. The zero-order chi connectivity index (χ0) is 14.5. The highest BCUT2D eigenvalue weighted by Gasteiger charge is 2.21. The topological polar surface area (TPSA) is 49.4 Å². The number of likely N-dealkylation sites (tertiary alicyclic amines) is 1. The van der Waals surface area contributed by atoms with Crippen molar-refractivity contribution >= 4 is 23.4 Å². The van der Waals surface area contributed by atoms with E-state index in [2.05, 4.69) is 12.2 Å². The van der Waals surface area contributed by atoms with Crippen molar-refractivity contribution in [2.75, 3.05) is 19.6 Å². The number of rotatable bonds is 3. The van der Waals surface area contributed by atoms with Crippen LogP contribution in [0.3, 0.4) is 0 Å². The maximum Gasteiger partial charge on any atom is 0.251 e. The molecule has 1 aromatic carbocycles. The van der Waals surface area contributed by atoms with Crippen LogP contribution in [0.15, 0.2) is 24.3 Å². The minimum absolute atomic E-state index is 0.0214. The predicted octanol–water partition coefficient (Wildman–Crippen LogP) is 2.33. The average Bonchev–Trinajstić information content (AvgIpc) is 2.44. The molecule has 1 saturated heterocycles. The highest BCUT2D eigenvalue weighted by Crippen LogP contribution is 2.15. The predicted molar refractivity (Wildman–Crippen MR) is 78.8 cm³/mol. The van der Waals surface area contributed by atoms with Gasteiger partial charge in [0, 0.05) is 23.7 Å². The van der Waals surface area contributed by atoms with Crippen LogP contribution in [0.2, 0.25) is 5.02 Å². The van der Waals surface area contributed by atoms with Crippen molar-refractivity contribution in [3.63, 3.8) is 0 Å². The molecule has 1 aliphatic rings. The number of amides is 2. The van der Waals surface area contributed by atoms with E-state index < -0.39 is 0 Å². The summed E-state index contributed by atoms with van der Waals surface area (Å²) in [6.45, 7) is 3.75. The van der Waals surface area contributed by atoms with Gasteiger partial charge in [0.05, 0.1) is 6.54 Å². The lowest BCUT2D eigenvalue weighted by molar-refractivity contribution is -0.131. The maximum atomic E-state index is 12.0. The van der Waals surface area contributed by atoms with Crippen LogP contribution in [0, 0.1) is 5.92 Å². The minimum Gasteiger partial charge on any atom is -0.343 e. The number of nitrogens with one attached hydrogen (secondary N) is 1. The first-order valence-corrected chi connectivity index (χ1v) is 7.25. The Hall–Kier alpha value is -1.55. The molecule has 0 spiro atoms. The lowest BCUT2D eigenvalue weighted by Gasteiger charge is -2.31. The second kappa shape index (κ2) is 6.75. The Morgan fingerprint density at radius 1 is 1.45 bits per heavy atom. The quantitative estimate of drug-likeness (QED) is 0.930. The van der Waals surface area contributed by atoms with E-state index >= 15 is 0 Å². The van der Waals surface area contributed by atoms with E-state index in [-0.39, 0.29) is 18.4 Å². The molecule has 0 saturated carbocycles. The minimum atomic E-state index is -0.272. The van der Waals surface area contributed by atoms with Gasteiger partial charge in [0.1, 0.15) is 0 Å². The summed E-state index contributed by atoms with van der Waals surface area (Å²) in [4.78, 5) is 25.8. The van der Waals surface area contributed by atoms with Crippen LogP contribution in [0.1, 0.15) is 30.1 Å². The van der Waals surface area contributed by atoms with E-state index in [4.69, 9.17) is 11.6 Å². The largest absolute Gasteiger partial charge is 0.343 e. The Balaban J connectivity index is 1.85. The van der Waals surface area contributed by atoms with E-state index in [1.807, 2.05) is 4.90 Å². The molecule has 5 heteroatoms. The summed E-state index contributed by atoms with van der Waals surface area (Å²) in [5.74, 6) is 0.245. The fourth-order valence-corrected chi connectivity index (χ4v) is 2.61. The summed E-state index contributed by atoms with van der Waals surface area (Å²) >= 11 is 5.83. The molecular weight excluding hydrogens is 276 g/mol.